The first kappa shape index (κ1) is 19.8. The van der Waals surface area contributed by atoms with Gasteiger partial charge in [0.05, 0.1) is 31.2 Å². The first-order valence-corrected chi connectivity index (χ1v) is 11.3. The van der Waals surface area contributed by atoms with Crippen LogP contribution in [0.25, 0.3) is 0 Å². The van der Waals surface area contributed by atoms with E-state index in [1.807, 2.05) is 4.90 Å². The van der Waals surface area contributed by atoms with Crippen molar-refractivity contribution in [1.29, 1.82) is 0 Å². The number of carbonyl (C=O) groups excluding carboxylic acids is 1. The molecule has 4 rings (SSSR count). The van der Waals surface area contributed by atoms with Crippen molar-refractivity contribution in [2.75, 3.05) is 36.6 Å². The molecule has 154 valence electrons. The molecule has 2 heterocycles. The van der Waals surface area contributed by atoms with Crippen LogP contribution in [0, 0.1) is 5.82 Å². The van der Waals surface area contributed by atoms with Gasteiger partial charge in [0, 0.05) is 18.3 Å². The molecule has 6 nitrogen and oxygen atoms in total. The SMILES string of the molecule is COc1ccc(N2C(=O)CN(CCc3ccccc3F)[C@@H]3CS(=O)(=O)C[C@H]32)cc1. The Balaban J connectivity index is 1.58. The van der Waals surface area contributed by atoms with E-state index in [0.717, 1.165) is 0 Å². The van der Waals surface area contributed by atoms with Crippen molar-refractivity contribution in [3.05, 3.63) is 59.9 Å². The number of carbonyl (C=O) groups is 1. The van der Waals surface area contributed by atoms with Gasteiger partial charge in [-0.1, -0.05) is 18.2 Å². The molecule has 2 aromatic carbocycles. The maximum absolute atomic E-state index is 14.0. The van der Waals surface area contributed by atoms with Gasteiger partial charge in [-0.15, -0.1) is 0 Å². The number of nitrogens with zero attached hydrogens (tertiary/aromatic N) is 2. The summed E-state index contributed by atoms with van der Waals surface area (Å²) in [6.45, 7) is 0.539. The molecule has 0 saturated carbocycles. The van der Waals surface area contributed by atoms with Crippen LogP contribution in [-0.2, 0) is 21.1 Å². The summed E-state index contributed by atoms with van der Waals surface area (Å²) >= 11 is 0. The lowest BCUT2D eigenvalue weighted by Gasteiger charge is -2.43. The standard InChI is InChI=1S/C21H23FN2O4S/c1-28-17-8-6-16(7-9-17)24-20-14-29(26,27)13-19(20)23(12-21(24)25)11-10-15-4-2-3-5-18(15)22/h2-9,19-20H,10-14H2,1H3/t19-,20-/m1/s1. The van der Waals surface area contributed by atoms with E-state index in [2.05, 4.69) is 0 Å². The van der Waals surface area contributed by atoms with Gasteiger partial charge in [-0.2, -0.15) is 0 Å². The quantitative estimate of drug-likeness (QED) is 0.742. The number of halogens is 1. The smallest absolute Gasteiger partial charge is 0.241 e. The summed E-state index contributed by atoms with van der Waals surface area (Å²) in [4.78, 5) is 16.5. The lowest BCUT2D eigenvalue weighted by Crippen LogP contribution is -2.62. The molecular weight excluding hydrogens is 395 g/mol. The molecular formula is C21H23FN2O4S. The van der Waals surface area contributed by atoms with Crippen molar-refractivity contribution in [3.63, 3.8) is 0 Å². The highest BCUT2D eigenvalue weighted by Gasteiger charge is 2.49. The molecule has 0 aromatic heterocycles. The summed E-state index contributed by atoms with van der Waals surface area (Å²) in [6.07, 6.45) is 0.422. The Hall–Kier alpha value is -2.45. The summed E-state index contributed by atoms with van der Waals surface area (Å²) in [5.74, 6) is 0.175. The minimum absolute atomic E-state index is 0.00880. The molecule has 2 saturated heterocycles. The molecule has 2 fully saturated rings. The molecule has 2 aliphatic rings. The van der Waals surface area contributed by atoms with E-state index in [4.69, 9.17) is 4.74 Å². The van der Waals surface area contributed by atoms with Crippen LogP contribution >= 0.6 is 0 Å². The molecule has 29 heavy (non-hydrogen) atoms. The molecule has 0 bridgehead atoms. The summed E-state index contributed by atoms with van der Waals surface area (Å²) < 4.78 is 43.9. The lowest BCUT2D eigenvalue weighted by molar-refractivity contribution is -0.123. The third-order valence-corrected chi connectivity index (χ3v) is 7.38. The number of amides is 1. The van der Waals surface area contributed by atoms with Crippen LogP contribution in [0.1, 0.15) is 5.56 Å². The monoisotopic (exact) mass is 418 g/mol. The van der Waals surface area contributed by atoms with Crippen LogP contribution in [0.4, 0.5) is 10.1 Å². The molecule has 2 aromatic rings. The van der Waals surface area contributed by atoms with Crippen molar-refractivity contribution in [1.82, 2.24) is 4.90 Å². The Kier molecular flexibility index (Phi) is 5.31. The minimum Gasteiger partial charge on any atom is -0.497 e. The van der Waals surface area contributed by atoms with Crippen LogP contribution in [0.3, 0.4) is 0 Å². The maximum atomic E-state index is 14.0. The zero-order chi connectivity index (χ0) is 20.6. The van der Waals surface area contributed by atoms with Crippen LogP contribution in [-0.4, -0.2) is 63.0 Å². The molecule has 0 spiro atoms. The Morgan fingerprint density at radius 1 is 1.07 bits per heavy atom. The number of methoxy groups -OCH3 is 1. The Morgan fingerprint density at radius 2 is 1.76 bits per heavy atom. The van der Waals surface area contributed by atoms with Crippen LogP contribution in [0.15, 0.2) is 48.5 Å². The van der Waals surface area contributed by atoms with Gasteiger partial charge in [0.15, 0.2) is 9.84 Å². The van der Waals surface area contributed by atoms with Gasteiger partial charge in [0.25, 0.3) is 0 Å². The van der Waals surface area contributed by atoms with Crippen molar-refractivity contribution >= 4 is 21.4 Å². The van der Waals surface area contributed by atoms with Gasteiger partial charge in [-0.3, -0.25) is 9.69 Å². The van der Waals surface area contributed by atoms with Crippen molar-refractivity contribution in [3.8, 4) is 5.75 Å². The fraction of sp³-hybridized carbons (Fsp3) is 0.381. The molecule has 0 radical (unpaired) electrons. The van der Waals surface area contributed by atoms with Crippen LogP contribution in [0.5, 0.6) is 5.75 Å². The fourth-order valence-electron chi connectivity index (χ4n) is 4.25. The van der Waals surface area contributed by atoms with E-state index in [9.17, 15) is 17.6 Å². The number of benzene rings is 2. The molecule has 2 atom stereocenters. The second kappa shape index (κ2) is 7.76. The van der Waals surface area contributed by atoms with Gasteiger partial charge in [-0.25, -0.2) is 12.8 Å². The number of ether oxygens (including phenoxy) is 1. The zero-order valence-electron chi connectivity index (χ0n) is 16.1. The van der Waals surface area contributed by atoms with Crippen LogP contribution < -0.4 is 9.64 Å². The number of hydrogen-bond donors (Lipinski definition) is 0. The topological polar surface area (TPSA) is 66.9 Å². The largest absolute Gasteiger partial charge is 0.497 e. The first-order valence-electron chi connectivity index (χ1n) is 9.52. The highest BCUT2D eigenvalue weighted by molar-refractivity contribution is 7.91. The normalized spacial score (nSPS) is 23.8. The first-order chi connectivity index (χ1) is 13.9. The van der Waals surface area contributed by atoms with Crippen LogP contribution in [0.2, 0.25) is 0 Å². The Morgan fingerprint density at radius 3 is 2.45 bits per heavy atom. The molecule has 0 N–H and O–H groups in total. The highest BCUT2D eigenvalue weighted by Crippen LogP contribution is 2.32. The van der Waals surface area contributed by atoms with Gasteiger partial charge >= 0.3 is 0 Å². The van der Waals surface area contributed by atoms with E-state index < -0.39 is 15.9 Å². The average Bonchev–Trinajstić information content (AvgIpc) is 3.02. The van der Waals surface area contributed by atoms with Gasteiger partial charge in [0.1, 0.15) is 11.6 Å². The molecule has 8 heteroatoms. The van der Waals surface area contributed by atoms with Crippen molar-refractivity contribution in [2.45, 2.75) is 18.5 Å². The number of sulfone groups is 1. The minimum atomic E-state index is -3.26. The highest BCUT2D eigenvalue weighted by atomic mass is 32.2. The molecule has 0 aliphatic carbocycles. The molecule has 0 unspecified atom stereocenters. The fourth-order valence-corrected chi connectivity index (χ4v) is 6.23. The third kappa shape index (κ3) is 4.00. The number of anilines is 1. The predicted molar refractivity (Wildman–Crippen MR) is 108 cm³/mol. The van der Waals surface area contributed by atoms with E-state index in [-0.39, 0.29) is 35.8 Å². The predicted octanol–water partition coefficient (Wildman–Crippen LogP) is 1.89. The maximum Gasteiger partial charge on any atom is 0.241 e. The second-order valence-electron chi connectivity index (χ2n) is 7.49. The van der Waals surface area contributed by atoms with E-state index in [1.54, 1.807) is 54.5 Å². The number of fused-ring (bicyclic) bond motifs is 1. The van der Waals surface area contributed by atoms with Gasteiger partial charge in [0.2, 0.25) is 5.91 Å². The van der Waals surface area contributed by atoms with Gasteiger partial charge in [-0.05, 0) is 42.3 Å². The summed E-state index contributed by atoms with van der Waals surface area (Å²) in [5.41, 5.74) is 1.23. The molecule has 2 aliphatic heterocycles. The van der Waals surface area contributed by atoms with Crippen molar-refractivity contribution < 1.29 is 22.3 Å². The number of hydrogen-bond acceptors (Lipinski definition) is 5. The third-order valence-electron chi connectivity index (χ3n) is 5.68. The number of rotatable bonds is 5. The number of piperazine rings is 1. The zero-order valence-corrected chi connectivity index (χ0v) is 16.9. The second-order valence-corrected chi connectivity index (χ2v) is 9.64. The Bertz CT molecular complexity index is 1010. The van der Waals surface area contributed by atoms with E-state index in [1.165, 1.54) is 6.07 Å². The average molecular weight is 418 g/mol. The lowest BCUT2D eigenvalue weighted by atomic mass is 10.0. The van der Waals surface area contributed by atoms with Crippen molar-refractivity contribution in [2.24, 2.45) is 0 Å². The molecule has 1 amide bonds. The summed E-state index contributed by atoms with van der Waals surface area (Å²) in [5, 5.41) is 0. The summed E-state index contributed by atoms with van der Waals surface area (Å²) in [6, 6.07) is 12.8. The summed E-state index contributed by atoms with van der Waals surface area (Å²) in [7, 11) is -1.70. The Labute approximate surface area is 169 Å². The van der Waals surface area contributed by atoms with E-state index >= 15 is 0 Å². The van der Waals surface area contributed by atoms with E-state index in [0.29, 0.717) is 30.0 Å². The van der Waals surface area contributed by atoms with Gasteiger partial charge < -0.3 is 9.64 Å².